The Labute approximate surface area is 159 Å². The van der Waals surface area contributed by atoms with E-state index in [1.807, 2.05) is 39.8 Å². The van der Waals surface area contributed by atoms with Crippen molar-refractivity contribution in [2.24, 2.45) is 17.6 Å². The van der Waals surface area contributed by atoms with Crippen LogP contribution in [0.2, 0.25) is 0 Å². The number of nitrogens with zero attached hydrogens (tertiary/aromatic N) is 2. The van der Waals surface area contributed by atoms with Gasteiger partial charge in [-0.1, -0.05) is 27.7 Å². The number of hydrogen-bond donors (Lipinski definition) is 4. The number of carbonyl (C=O) groups is 2. The van der Waals surface area contributed by atoms with E-state index >= 15 is 0 Å². The third-order valence-corrected chi connectivity index (χ3v) is 3.99. The predicted octanol–water partition coefficient (Wildman–Crippen LogP) is 2.06. The van der Waals surface area contributed by atoms with Gasteiger partial charge in [-0.15, -0.1) is 0 Å². The zero-order valence-corrected chi connectivity index (χ0v) is 16.2. The molecule has 0 saturated carbocycles. The number of nitrogens with two attached hydrogens (primary N) is 1. The molecule has 0 saturated heterocycles. The lowest BCUT2D eigenvalue weighted by Crippen LogP contribution is -2.47. The summed E-state index contributed by atoms with van der Waals surface area (Å²) in [6.45, 7) is 8.04. The van der Waals surface area contributed by atoms with Crippen LogP contribution >= 0.6 is 0 Å². The quantitative estimate of drug-likeness (QED) is 0.564. The number of aromatic amines is 1. The Bertz CT molecular complexity index is 767. The second-order valence-corrected chi connectivity index (χ2v) is 7.26. The van der Waals surface area contributed by atoms with Crippen molar-refractivity contribution in [1.82, 2.24) is 20.5 Å². The minimum Gasteiger partial charge on any atom is -0.344 e. The number of nitrogens with one attached hydrogen (secondary N) is 3. The summed E-state index contributed by atoms with van der Waals surface area (Å²) in [6, 6.07) is 6.61. The van der Waals surface area contributed by atoms with E-state index in [9.17, 15) is 9.59 Å². The van der Waals surface area contributed by atoms with E-state index in [0.717, 1.165) is 5.56 Å². The topological polar surface area (TPSA) is 126 Å². The lowest BCUT2D eigenvalue weighted by Gasteiger charge is -2.22. The first kappa shape index (κ1) is 20.6. The Balaban J connectivity index is 2.03. The molecule has 0 aliphatic carbocycles. The minimum absolute atomic E-state index is 0.0247. The Morgan fingerprint density at radius 1 is 1.15 bits per heavy atom. The van der Waals surface area contributed by atoms with Crippen LogP contribution in [0.5, 0.6) is 0 Å². The van der Waals surface area contributed by atoms with Gasteiger partial charge in [0.05, 0.1) is 6.54 Å². The minimum atomic E-state index is -0.587. The summed E-state index contributed by atoms with van der Waals surface area (Å²) in [5.41, 5.74) is 6.98. The van der Waals surface area contributed by atoms with E-state index in [4.69, 9.17) is 5.73 Å². The Hall–Kier alpha value is -2.74. The smallest absolute Gasteiger partial charge is 0.247 e. The van der Waals surface area contributed by atoms with Crippen molar-refractivity contribution in [2.45, 2.75) is 46.7 Å². The number of anilines is 1. The van der Waals surface area contributed by atoms with Crippen LogP contribution in [0.15, 0.2) is 24.3 Å². The fourth-order valence-electron chi connectivity index (χ4n) is 2.58. The summed E-state index contributed by atoms with van der Waals surface area (Å²) in [7, 11) is 0. The molecular weight excluding hydrogens is 344 g/mol. The summed E-state index contributed by atoms with van der Waals surface area (Å²) in [4.78, 5) is 28.9. The largest absolute Gasteiger partial charge is 0.344 e. The van der Waals surface area contributed by atoms with Gasteiger partial charge in [0.15, 0.2) is 5.82 Å². The Morgan fingerprint density at radius 2 is 1.81 bits per heavy atom. The molecule has 1 atom stereocenters. The number of aromatic nitrogens is 3. The molecule has 1 aromatic carbocycles. The number of H-pyrrole nitrogens is 1. The van der Waals surface area contributed by atoms with Crippen molar-refractivity contribution in [1.29, 1.82) is 0 Å². The van der Waals surface area contributed by atoms with Gasteiger partial charge < -0.3 is 16.4 Å². The molecule has 0 bridgehead atoms. The summed E-state index contributed by atoms with van der Waals surface area (Å²) in [5.74, 6) is 1.02. The van der Waals surface area contributed by atoms with Gasteiger partial charge >= 0.3 is 0 Å². The van der Waals surface area contributed by atoms with E-state index < -0.39 is 6.04 Å². The second kappa shape index (κ2) is 9.27. The normalized spacial score (nSPS) is 12.3. The van der Waals surface area contributed by atoms with Crippen molar-refractivity contribution in [2.75, 3.05) is 5.32 Å². The molecule has 27 heavy (non-hydrogen) atoms. The fourth-order valence-corrected chi connectivity index (χ4v) is 2.58. The third kappa shape index (κ3) is 5.89. The van der Waals surface area contributed by atoms with Crippen LogP contribution in [0.1, 0.15) is 39.9 Å². The van der Waals surface area contributed by atoms with Gasteiger partial charge in [-0.25, -0.2) is 4.98 Å². The standard InChI is InChI=1S/C19H28N6O2/c1-11(2)9-16(26)23-17(12(3)4)19(27)21-14-7-5-13(6-8-14)18-22-15(10-20)24-25-18/h5-8,11-12,17H,9-10,20H2,1-4H3,(H,21,27)(H,23,26)(H,22,24,25). The first-order valence-electron chi connectivity index (χ1n) is 9.12. The van der Waals surface area contributed by atoms with E-state index in [1.165, 1.54) is 0 Å². The maximum absolute atomic E-state index is 12.6. The van der Waals surface area contributed by atoms with Gasteiger partial charge in [0.25, 0.3) is 0 Å². The average Bonchev–Trinajstić information content (AvgIpc) is 3.08. The molecule has 2 amide bonds. The molecule has 0 fully saturated rings. The maximum atomic E-state index is 12.6. The van der Waals surface area contributed by atoms with E-state index in [0.29, 0.717) is 30.3 Å². The van der Waals surface area contributed by atoms with Crippen LogP contribution in [-0.4, -0.2) is 33.0 Å². The van der Waals surface area contributed by atoms with Crippen molar-refractivity contribution in [3.05, 3.63) is 30.1 Å². The highest BCUT2D eigenvalue weighted by Crippen LogP contribution is 2.18. The lowest BCUT2D eigenvalue weighted by molar-refractivity contribution is -0.127. The Kier molecular flexibility index (Phi) is 7.06. The molecule has 5 N–H and O–H groups in total. The van der Waals surface area contributed by atoms with E-state index in [1.54, 1.807) is 12.1 Å². The molecule has 2 aromatic rings. The van der Waals surface area contributed by atoms with Gasteiger partial charge in [-0.2, -0.15) is 5.10 Å². The zero-order valence-electron chi connectivity index (χ0n) is 16.2. The first-order chi connectivity index (χ1) is 12.8. The summed E-state index contributed by atoms with van der Waals surface area (Å²) in [6.07, 6.45) is 0.395. The average molecular weight is 372 g/mol. The first-order valence-corrected chi connectivity index (χ1v) is 9.12. The molecule has 0 aliphatic heterocycles. The number of rotatable bonds is 8. The molecule has 8 heteroatoms. The van der Waals surface area contributed by atoms with Gasteiger partial charge in [-0.05, 0) is 36.1 Å². The van der Waals surface area contributed by atoms with Gasteiger partial charge in [-0.3, -0.25) is 14.7 Å². The van der Waals surface area contributed by atoms with Crippen molar-refractivity contribution in [3.8, 4) is 11.4 Å². The molecular formula is C19H28N6O2. The Morgan fingerprint density at radius 3 is 2.33 bits per heavy atom. The highest BCUT2D eigenvalue weighted by Gasteiger charge is 2.24. The SMILES string of the molecule is CC(C)CC(=O)NC(C(=O)Nc1ccc(-c2n[nH]c(CN)n2)cc1)C(C)C. The molecule has 1 unspecified atom stereocenters. The van der Waals surface area contributed by atoms with Crippen LogP contribution in [0.4, 0.5) is 5.69 Å². The molecule has 2 rings (SSSR count). The summed E-state index contributed by atoms with van der Waals surface area (Å²) < 4.78 is 0. The zero-order chi connectivity index (χ0) is 20.0. The number of benzene rings is 1. The van der Waals surface area contributed by atoms with Gasteiger partial charge in [0, 0.05) is 17.7 Å². The molecule has 1 aromatic heterocycles. The van der Waals surface area contributed by atoms with Gasteiger partial charge in [0.2, 0.25) is 11.8 Å². The van der Waals surface area contributed by atoms with E-state index in [2.05, 4.69) is 25.8 Å². The number of amides is 2. The van der Waals surface area contributed by atoms with Crippen LogP contribution in [0.3, 0.4) is 0 Å². The number of hydrogen-bond acceptors (Lipinski definition) is 5. The predicted molar refractivity (Wildman–Crippen MR) is 105 cm³/mol. The molecule has 0 radical (unpaired) electrons. The molecule has 0 spiro atoms. The molecule has 1 heterocycles. The van der Waals surface area contributed by atoms with Gasteiger partial charge in [0.1, 0.15) is 11.9 Å². The highest BCUT2D eigenvalue weighted by molar-refractivity contribution is 5.97. The van der Waals surface area contributed by atoms with Crippen LogP contribution < -0.4 is 16.4 Å². The molecule has 8 nitrogen and oxygen atoms in total. The number of carbonyl (C=O) groups excluding carboxylic acids is 2. The summed E-state index contributed by atoms with van der Waals surface area (Å²) in [5, 5.41) is 12.6. The fraction of sp³-hybridized carbons (Fsp3) is 0.474. The third-order valence-electron chi connectivity index (χ3n) is 3.99. The molecule has 0 aliphatic rings. The highest BCUT2D eigenvalue weighted by atomic mass is 16.2. The summed E-state index contributed by atoms with van der Waals surface area (Å²) >= 11 is 0. The van der Waals surface area contributed by atoms with Crippen molar-refractivity contribution < 1.29 is 9.59 Å². The molecule has 146 valence electrons. The van der Waals surface area contributed by atoms with Crippen molar-refractivity contribution in [3.63, 3.8) is 0 Å². The van der Waals surface area contributed by atoms with Crippen LogP contribution in [-0.2, 0) is 16.1 Å². The second-order valence-electron chi connectivity index (χ2n) is 7.26. The monoisotopic (exact) mass is 372 g/mol. The van der Waals surface area contributed by atoms with Crippen LogP contribution in [0, 0.1) is 11.8 Å². The lowest BCUT2D eigenvalue weighted by atomic mass is 10.0. The van der Waals surface area contributed by atoms with E-state index in [-0.39, 0.29) is 23.7 Å². The van der Waals surface area contributed by atoms with Crippen LogP contribution in [0.25, 0.3) is 11.4 Å². The maximum Gasteiger partial charge on any atom is 0.247 e. The van der Waals surface area contributed by atoms with Crippen molar-refractivity contribution >= 4 is 17.5 Å².